The number of benzene rings is 2. The monoisotopic (exact) mass is 566 g/mol. The molecule has 0 atom stereocenters. The van der Waals surface area contributed by atoms with Crippen molar-refractivity contribution in [2.45, 2.75) is 19.6 Å². The number of aromatic carboxylic acids is 1. The minimum atomic E-state index is -1.10. The highest BCUT2D eigenvalue weighted by Gasteiger charge is 2.18. The Bertz CT molecular complexity index is 1760. The van der Waals surface area contributed by atoms with Gasteiger partial charge in [-0.2, -0.15) is 0 Å². The van der Waals surface area contributed by atoms with Crippen LogP contribution in [0.1, 0.15) is 27.4 Å². The summed E-state index contributed by atoms with van der Waals surface area (Å²) < 4.78 is 69.9. The molecule has 0 unspecified atom stereocenters. The van der Waals surface area contributed by atoms with Crippen molar-refractivity contribution in [3.8, 4) is 17.1 Å². The SMILES string of the molecule is COCCn1c(Cc2cc(F)c(-c3cccc(OCc4ncc(F)cc4F)n3)cc2F)nc2ccc(C(=O)O)cc21. The number of rotatable bonds is 10. The maximum atomic E-state index is 15.3. The van der Waals surface area contributed by atoms with E-state index < -0.39 is 29.2 Å². The smallest absolute Gasteiger partial charge is 0.335 e. The molecule has 41 heavy (non-hydrogen) atoms. The van der Waals surface area contributed by atoms with Gasteiger partial charge in [0.25, 0.3) is 0 Å². The molecular weight excluding hydrogens is 544 g/mol. The molecule has 0 bridgehead atoms. The van der Waals surface area contributed by atoms with Crippen LogP contribution in [0, 0.1) is 23.3 Å². The van der Waals surface area contributed by atoms with Crippen LogP contribution in [0.5, 0.6) is 5.88 Å². The zero-order chi connectivity index (χ0) is 29.1. The van der Waals surface area contributed by atoms with E-state index in [0.717, 1.165) is 18.3 Å². The van der Waals surface area contributed by atoms with Crippen molar-refractivity contribution in [3.05, 3.63) is 107 Å². The molecule has 0 aliphatic rings. The van der Waals surface area contributed by atoms with Crippen LogP contribution in [0.15, 0.2) is 60.8 Å². The zero-order valence-corrected chi connectivity index (χ0v) is 21.6. The Morgan fingerprint density at radius 2 is 1.80 bits per heavy atom. The summed E-state index contributed by atoms with van der Waals surface area (Å²) in [5, 5.41) is 9.37. The number of fused-ring (bicyclic) bond motifs is 1. The summed E-state index contributed by atoms with van der Waals surface area (Å²) in [5.41, 5.74) is 0.955. The Morgan fingerprint density at radius 3 is 2.56 bits per heavy atom. The van der Waals surface area contributed by atoms with Crippen LogP contribution in [-0.4, -0.2) is 44.3 Å². The zero-order valence-electron chi connectivity index (χ0n) is 21.6. The Labute approximate surface area is 230 Å². The number of hydrogen-bond acceptors (Lipinski definition) is 6. The second-order valence-electron chi connectivity index (χ2n) is 9.01. The van der Waals surface area contributed by atoms with Crippen LogP contribution in [0.2, 0.25) is 0 Å². The third-order valence-corrected chi connectivity index (χ3v) is 6.32. The summed E-state index contributed by atoms with van der Waals surface area (Å²) in [6, 6.07) is 11.6. The number of carboxylic acid groups (broad SMARTS) is 1. The number of ether oxygens (including phenoxy) is 2. The van der Waals surface area contributed by atoms with Crippen molar-refractivity contribution in [2.75, 3.05) is 13.7 Å². The first kappa shape index (κ1) is 27.7. The third kappa shape index (κ3) is 6.02. The minimum Gasteiger partial charge on any atom is -0.478 e. The predicted molar refractivity (Wildman–Crippen MR) is 139 cm³/mol. The molecule has 0 spiro atoms. The summed E-state index contributed by atoms with van der Waals surface area (Å²) in [7, 11) is 1.52. The first-order chi connectivity index (χ1) is 19.7. The molecule has 0 aliphatic heterocycles. The van der Waals surface area contributed by atoms with Crippen LogP contribution in [0.25, 0.3) is 22.3 Å². The van der Waals surface area contributed by atoms with E-state index >= 15 is 8.78 Å². The van der Waals surface area contributed by atoms with Crippen molar-refractivity contribution >= 4 is 17.0 Å². The number of halogens is 4. The summed E-state index contributed by atoms with van der Waals surface area (Å²) in [5.74, 6) is -3.85. The molecule has 3 aromatic heterocycles. The van der Waals surface area contributed by atoms with Crippen molar-refractivity contribution < 1.29 is 36.9 Å². The summed E-state index contributed by atoms with van der Waals surface area (Å²) >= 11 is 0. The number of pyridine rings is 2. The van der Waals surface area contributed by atoms with Crippen LogP contribution < -0.4 is 4.74 Å². The van der Waals surface area contributed by atoms with Crippen LogP contribution in [-0.2, 0) is 24.3 Å². The molecule has 1 N–H and O–H groups in total. The number of hydrogen-bond donors (Lipinski definition) is 1. The van der Waals surface area contributed by atoms with Crippen molar-refractivity contribution in [1.82, 2.24) is 19.5 Å². The lowest BCUT2D eigenvalue weighted by Gasteiger charge is -2.12. The summed E-state index contributed by atoms with van der Waals surface area (Å²) in [6.07, 6.45) is 0.780. The molecule has 3 heterocycles. The van der Waals surface area contributed by atoms with Gasteiger partial charge in [-0.15, -0.1) is 0 Å². The lowest BCUT2D eigenvalue weighted by Crippen LogP contribution is -2.10. The molecular formula is C29H22F4N4O4. The van der Waals surface area contributed by atoms with E-state index in [0.29, 0.717) is 36.1 Å². The number of carbonyl (C=O) groups is 1. The molecule has 0 fully saturated rings. The number of nitrogens with zero attached hydrogens (tertiary/aromatic N) is 4. The molecule has 12 heteroatoms. The number of imidazole rings is 1. The van der Waals surface area contributed by atoms with Gasteiger partial charge >= 0.3 is 5.97 Å². The predicted octanol–water partition coefficient (Wildman–Crippen LogP) is 5.56. The van der Waals surface area contributed by atoms with Crippen molar-refractivity contribution in [2.24, 2.45) is 0 Å². The molecule has 210 valence electrons. The largest absolute Gasteiger partial charge is 0.478 e. The van der Waals surface area contributed by atoms with Gasteiger partial charge in [0.1, 0.15) is 35.6 Å². The van der Waals surface area contributed by atoms with Crippen LogP contribution in [0.3, 0.4) is 0 Å². The normalized spacial score (nSPS) is 11.2. The van der Waals surface area contributed by atoms with E-state index in [1.165, 1.54) is 37.4 Å². The van der Waals surface area contributed by atoms with E-state index in [2.05, 4.69) is 15.0 Å². The fourth-order valence-corrected chi connectivity index (χ4v) is 4.30. The molecule has 0 aliphatic carbocycles. The molecule has 0 saturated carbocycles. The van der Waals surface area contributed by atoms with E-state index in [-0.39, 0.29) is 47.0 Å². The van der Waals surface area contributed by atoms with Gasteiger partial charge in [0.05, 0.1) is 35.1 Å². The van der Waals surface area contributed by atoms with Crippen LogP contribution >= 0.6 is 0 Å². The van der Waals surface area contributed by atoms with E-state index in [4.69, 9.17) is 9.47 Å². The van der Waals surface area contributed by atoms with Crippen LogP contribution in [0.4, 0.5) is 17.6 Å². The van der Waals surface area contributed by atoms with Gasteiger partial charge in [-0.05, 0) is 42.0 Å². The Balaban J connectivity index is 1.41. The fourth-order valence-electron chi connectivity index (χ4n) is 4.30. The molecule has 0 radical (unpaired) electrons. The highest BCUT2D eigenvalue weighted by atomic mass is 19.1. The maximum absolute atomic E-state index is 15.3. The third-order valence-electron chi connectivity index (χ3n) is 6.32. The standard InChI is InChI=1S/C29H22F4N4O4/c1-40-8-7-37-26-10-16(29(38)39)5-6-24(26)35-27(37)11-17-9-21(32)19(13-20(17)31)23-3-2-4-28(36-23)41-15-25-22(33)12-18(30)14-34-25/h2-6,9-10,12-14H,7-8,11,15H2,1H3,(H,38,39). The second kappa shape index (κ2) is 11.7. The van der Waals surface area contributed by atoms with Gasteiger partial charge in [0.15, 0.2) is 5.82 Å². The number of carboxylic acids is 1. The minimum absolute atomic E-state index is 0.00417. The molecule has 5 aromatic rings. The molecule has 0 amide bonds. The highest BCUT2D eigenvalue weighted by Crippen LogP contribution is 2.28. The average molecular weight is 567 g/mol. The van der Waals surface area contributed by atoms with E-state index in [1.54, 1.807) is 10.6 Å². The second-order valence-corrected chi connectivity index (χ2v) is 9.01. The van der Waals surface area contributed by atoms with Crippen molar-refractivity contribution in [3.63, 3.8) is 0 Å². The topological polar surface area (TPSA) is 99.4 Å². The Hall–Kier alpha value is -4.84. The molecule has 0 saturated heterocycles. The number of methoxy groups -OCH3 is 1. The molecule has 8 nitrogen and oxygen atoms in total. The summed E-state index contributed by atoms with van der Waals surface area (Å²) in [6.45, 7) is 0.261. The van der Waals surface area contributed by atoms with Gasteiger partial charge in [0.2, 0.25) is 5.88 Å². The fraction of sp³-hybridized carbons (Fsp3) is 0.172. The van der Waals surface area contributed by atoms with E-state index in [9.17, 15) is 18.7 Å². The molecule has 5 rings (SSSR count). The quantitative estimate of drug-likeness (QED) is 0.221. The first-order valence-corrected chi connectivity index (χ1v) is 12.3. The maximum Gasteiger partial charge on any atom is 0.335 e. The Morgan fingerprint density at radius 1 is 0.976 bits per heavy atom. The van der Waals surface area contributed by atoms with Gasteiger partial charge in [-0.1, -0.05) is 6.07 Å². The van der Waals surface area contributed by atoms with Gasteiger partial charge in [-0.25, -0.2) is 32.3 Å². The van der Waals surface area contributed by atoms with Crippen molar-refractivity contribution in [1.29, 1.82) is 0 Å². The highest BCUT2D eigenvalue weighted by molar-refractivity contribution is 5.92. The molecule has 2 aromatic carbocycles. The van der Waals surface area contributed by atoms with Gasteiger partial charge < -0.3 is 19.1 Å². The summed E-state index contributed by atoms with van der Waals surface area (Å²) in [4.78, 5) is 23.8. The first-order valence-electron chi connectivity index (χ1n) is 12.3. The van der Waals surface area contributed by atoms with Gasteiger partial charge in [-0.3, -0.25) is 4.98 Å². The van der Waals surface area contributed by atoms with Gasteiger partial charge in [0, 0.05) is 37.8 Å². The Kier molecular flexibility index (Phi) is 7.92. The number of aromatic nitrogens is 4. The lowest BCUT2D eigenvalue weighted by atomic mass is 10.0. The lowest BCUT2D eigenvalue weighted by molar-refractivity contribution is 0.0697. The average Bonchev–Trinajstić information content (AvgIpc) is 3.29. The van der Waals surface area contributed by atoms with E-state index in [1.807, 2.05) is 0 Å².